The molecule has 0 radical (unpaired) electrons. The molecule has 4 aromatic rings. The maximum absolute atomic E-state index is 13.1. The lowest BCUT2D eigenvalue weighted by Crippen LogP contribution is -2.52. The Kier molecular flexibility index (Phi) is 10.4. The quantitative estimate of drug-likeness (QED) is 0.164. The Bertz CT molecular complexity index is 2030. The number of carbonyl (C=O) groups excluding carboxylic acids is 3. The maximum Gasteiger partial charge on any atom is 0.255 e. The van der Waals surface area contributed by atoms with Gasteiger partial charge in [-0.25, -0.2) is 9.97 Å². The Morgan fingerprint density at radius 1 is 0.945 bits per heavy atom. The van der Waals surface area contributed by atoms with Crippen molar-refractivity contribution in [3.05, 3.63) is 101 Å². The summed E-state index contributed by atoms with van der Waals surface area (Å²) in [5.74, 6) is 1.09. The predicted octanol–water partition coefficient (Wildman–Crippen LogP) is 3.58. The lowest BCUT2D eigenvalue weighted by atomic mass is 9.83. The number of hydrogen-bond acceptors (Lipinski definition) is 12. The summed E-state index contributed by atoms with van der Waals surface area (Å²) in [6, 6.07) is 19.6. The van der Waals surface area contributed by atoms with Crippen molar-refractivity contribution in [1.29, 1.82) is 0 Å². The Labute approximate surface area is 320 Å². The average molecular weight is 746 g/mol. The first-order chi connectivity index (χ1) is 26.7. The molecule has 5 N–H and O–H groups in total. The number of ether oxygens (including phenoxy) is 1. The van der Waals surface area contributed by atoms with Gasteiger partial charge < -0.3 is 30.7 Å². The van der Waals surface area contributed by atoms with Gasteiger partial charge >= 0.3 is 0 Å². The van der Waals surface area contributed by atoms with Gasteiger partial charge in [-0.05, 0) is 84.5 Å². The first kappa shape index (κ1) is 36.5. The molecular formula is C41H47N9O5. The highest BCUT2D eigenvalue weighted by Crippen LogP contribution is 2.37. The Balaban J connectivity index is 0.798. The number of piperidine rings is 3. The van der Waals surface area contributed by atoms with Crippen LogP contribution < -0.4 is 26.0 Å². The number of anilines is 3. The maximum atomic E-state index is 13.1. The SMILES string of the molecule is NCCOc1ccnc(Nc2ccc(C3CCN(c4ccc(CN5CCC(O)(c6ccc7c(c6)CN(C6CCC(=O)NC6=O)C7=O)CC5)cc4)CC3)cn2)n1. The summed E-state index contributed by atoms with van der Waals surface area (Å²) < 4.78 is 5.49. The third-order valence-corrected chi connectivity index (χ3v) is 11.4. The molecule has 3 saturated heterocycles. The minimum atomic E-state index is -0.983. The summed E-state index contributed by atoms with van der Waals surface area (Å²) in [5, 5.41) is 17.2. The summed E-state index contributed by atoms with van der Waals surface area (Å²) in [7, 11) is 0. The van der Waals surface area contributed by atoms with Crippen LogP contribution in [0.4, 0.5) is 17.5 Å². The van der Waals surface area contributed by atoms with Gasteiger partial charge in [0.05, 0.1) is 5.60 Å². The van der Waals surface area contributed by atoms with E-state index in [4.69, 9.17) is 10.5 Å². The Hall–Kier alpha value is -5.44. The molecule has 8 rings (SSSR count). The molecule has 0 bridgehead atoms. The smallest absolute Gasteiger partial charge is 0.255 e. The first-order valence-electron chi connectivity index (χ1n) is 19.2. The fraction of sp³-hybridized carbons (Fsp3) is 0.415. The Morgan fingerprint density at radius 3 is 2.47 bits per heavy atom. The van der Waals surface area contributed by atoms with Crippen LogP contribution >= 0.6 is 0 Å². The molecule has 1 unspecified atom stereocenters. The van der Waals surface area contributed by atoms with Crippen LogP contribution in [0.1, 0.15) is 77.1 Å². The van der Waals surface area contributed by atoms with Gasteiger partial charge in [0.1, 0.15) is 18.5 Å². The first-order valence-corrected chi connectivity index (χ1v) is 19.2. The molecule has 1 atom stereocenters. The van der Waals surface area contributed by atoms with Crippen molar-refractivity contribution in [3.8, 4) is 5.88 Å². The van der Waals surface area contributed by atoms with Crippen molar-refractivity contribution in [2.24, 2.45) is 5.73 Å². The van der Waals surface area contributed by atoms with E-state index in [9.17, 15) is 19.5 Å². The summed E-state index contributed by atoms with van der Waals surface area (Å²) in [6.45, 7) is 5.38. The monoisotopic (exact) mass is 745 g/mol. The Morgan fingerprint density at radius 2 is 1.75 bits per heavy atom. The molecular weight excluding hydrogens is 699 g/mol. The van der Waals surface area contributed by atoms with Gasteiger partial charge in [-0.1, -0.05) is 30.3 Å². The van der Waals surface area contributed by atoms with Gasteiger partial charge in [0, 0.05) is 81.9 Å². The second-order valence-electron chi connectivity index (χ2n) is 15.0. The molecule has 0 saturated carbocycles. The van der Waals surface area contributed by atoms with E-state index in [1.807, 2.05) is 24.4 Å². The third-order valence-electron chi connectivity index (χ3n) is 11.4. The van der Waals surface area contributed by atoms with E-state index in [0.717, 1.165) is 56.7 Å². The van der Waals surface area contributed by atoms with Gasteiger partial charge in [0.25, 0.3) is 5.91 Å². The predicted molar refractivity (Wildman–Crippen MR) is 206 cm³/mol. The van der Waals surface area contributed by atoms with Crippen LogP contribution in [0.15, 0.2) is 73.1 Å². The molecule has 0 spiro atoms. The van der Waals surface area contributed by atoms with Crippen molar-refractivity contribution < 1.29 is 24.2 Å². The zero-order valence-corrected chi connectivity index (χ0v) is 30.8. The highest BCUT2D eigenvalue weighted by atomic mass is 16.5. The molecule has 6 heterocycles. The van der Waals surface area contributed by atoms with Crippen LogP contribution in [-0.4, -0.2) is 93.0 Å². The van der Waals surface area contributed by atoms with Crippen LogP contribution in [0.3, 0.4) is 0 Å². The van der Waals surface area contributed by atoms with Gasteiger partial charge in [0.2, 0.25) is 23.6 Å². The van der Waals surface area contributed by atoms with Gasteiger partial charge in [-0.15, -0.1) is 0 Å². The van der Waals surface area contributed by atoms with Crippen LogP contribution in [-0.2, 0) is 28.3 Å². The fourth-order valence-corrected chi connectivity index (χ4v) is 8.26. The lowest BCUT2D eigenvalue weighted by molar-refractivity contribution is -0.136. The fourth-order valence-electron chi connectivity index (χ4n) is 8.26. The number of imide groups is 1. The summed E-state index contributed by atoms with van der Waals surface area (Å²) in [4.78, 5) is 56.8. The topological polar surface area (TPSA) is 179 Å². The van der Waals surface area contributed by atoms with Gasteiger partial charge in [0.15, 0.2) is 0 Å². The van der Waals surface area contributed by atoms with Crippen LogP contribution in [0.5, 0.6) is 5.88 Å². The van der Waals surface area contributed by atoms with E-state index in [-0.39, 0.29) is 18.2 Å². The minimum absolute atomic E-state index is 0.202. The lowest BCUT2D eigenvalue weighted by Gasteiger charge is -2.39. The van der Waals surface area contributed by atoms with Crippen molar-refractivity contribution in [2.45, 2.75) is 69.2 Å². The van der Waals surface area contributed by atoms with E-state index < -0.39 is 17.6 Å². The molecule has 286 valence electrons. The number of aromatic nitrogens is 3. The van der Waals surface area contributed by atoms with Crippen LogP contribution in [0, 0.1) is 0 Å². The summed E-state index contributed by atoms with van der Waals surface area (Å²) >= 11 is 0. The number of benzene rings is 2. The van der Waals surface area contributed by atoms with Crippen molar-refractivity contribution in [2.75, 3.05) is 49.5 Å². The average Bonchev–Trinajstić information content (AvgIpc) is 3.53. The van der Waals surface area contributed by atoms with E-state index in [0.29, 0.717) is 68.1 Å². The normalized spacial score (nSPS) is 20.3. The molecule has 0 aliphatic carbocycles. The molecule has 3 fully saturated rings. The van der Waals surface area contributed by atoms with Crippen LogP contribution in [0.25, 0.3) is 0 Å². The zero-order valence-electron chi connectivity index (χ0n) is 30.8. The number of nitrogens with one attached hydrogen (secondary N) is 2. The van der Waals surface area contributed by atoms with E-state index >= 15 is 0 Å². The summed E-state index contributed by atoms with van der Waals surface area (Å²) in [6.07, 6.45) is 7.41. The number of likely N-dealkylation sites (tertiary alicyclic amines) is 1. The van der Waals surface area contributed by atoms with E-state index in [1.54, 1.807) is 23.2 Å². The number of pyridine rings is 1. The van der Waals surface area contributed by atoms with Gasteiger partial charge in [-0.3, -0.25) is 24.6 Å². The standard InChI is InChI=1S/C41H47N9O5/c42-16-22-55-37-11-17-43-40(47-37)45-35-9-3-29(24-44-35)28-12-18-49(19-13-28)32-5-1-27(2-6-32)25-48-20-14-41(54,15-21-48)31-4-7-33-30(23-31)26-50(39(33)53)34-8-10-36(51)46-38(34)52/h1-7,9,11,17,23-24,28,34,54H,8,10,12-16,18-22,25-26,42H2,(H,46,51,52)(H,43,44,45,47). The molecule has 4 aliphatic heterocycles. The second-order valence-corrected chi connectivity index (χ2v) is 15.0. The molecule has 14 heteroatoms. The molecule has 14 nitrogen and oxygen atoms in total. The number of hydrogen-bond donors (Lipinski definition) is 4. The van der Waals surface area contributed by atoms with Crippen molar-refractivity contribution in [3.63, 3.8) is 0 Å². The highest BCUT2D eigenvalue weighted by Gasteiger charge is 2.41. The van der Waals surface area contributed by atoms with E-state index in [2.05, 4.69) is 65.7 Å². The minimum Gasteiger partial charge on any atom is -0.476 e. The molecule has 2 aromatic heterocycles. The number of aliphatic hydroxyl groups is 1. The van der Waals surface area contributed by atoms with Crippen molar-refractivity contribution in [1.82, 2.24) is 30.1 Å². The zero-order chi connectivity index (χ0) is 37.9. The largest absolute Gasteiger partial charge is 0.476 e. The van der Waals surface area contributed by atoms with Crippen LogP contribution in [0.2, 0.25) is 0 Å². The number of carbonyl (C=O) groups is 3. The molecule has 55 heavy (non-hydrogen) atoms. The van der Waals surface area contributed by atoms with E-state index in [1.165, 1.54) is 16.8 Å². The number of amides is 3. The molecule has 4 aliphatic rings. The molecule has 3 amide bonds. The second kappa shape index (κ2) is 15.7. The number of rotatable bonds is 11. The van der Waals surface area contributed by atoms with Crippen molar-refractivity contribution >= 4 is 35.2 Å². The number of nitrogens with zero attached hydrogens (tertiary/aromatic N) is 6. The third kappa shape index (κ3) is 8.02. The number of nitrogens with two attached hydrogens (primary N) is 1. The summed E-state index contributed by atoms with van der Waals surface area (Å²) in [5.41, 5.74) is 10.4. The highest BCUT2D eigenvalue weighted by molar-refractivity contribution is 6.05. The van der Waals surface area contributed by atoms with Gasteiger partial charge in [-0.2, -0.15) is 4.98 Å². The number of fused-ring (bicyclic) bond motifs is 1. The molecule has 2 aromatic carbocycles.